The van der Waals surface area contributed by atoms with Gasteiger partial charge in [0, 0.05) is 19.2 Å². The number of nitrogens with two attached hydrogens (primary N) is 1. The first-order chi connectivity index (χ1) is 20.3. The highest BCUT2D eigenvalue weighted by Gasteiger charge is 2.19. The predicted octanol–water partition coefficient (Wildman–Crippen LogP) is 8.55. The number of nitrogens with zero attached hydrogens (tertiary/aromatic N) is 1. The number of carbonyl (C=O) groups is 2. The van der Waals surface area contributed by atoms with Crippen molar-refractivity contribution in [2.75, 3.05) is 0 Å². The Kier molecular flexibility index (Phi) is 19.3. The molecule has 4 rings (SSSR count). The third-order valence-corrected chi connectivity index (χ3v) is 6.78. The van der Waals surface area contributed by atoms with Crippen LogP contribution in [0.5, 0.6) is 0 Å². The lowest BCUT2D eigenvalue weighted by Crippen LogP contribution is -2.25. The summed E-state index contributed by atoms with van der Waals surface area (Å²) >= 11 is 0. The molecule has 0 aromatic heterocycles. The number of hydrogen-bond donors (Lipinski definition) is 3. The number of hydrogen-bond acceptors (Lipinski definition) is 4. The zero-order valence-corrected chi connectivity index (χ0v) is 26.1. The summed E-state index contributed by atoms with van der Waals surface area (Å²) in [7, 11) is 0. The van der Waals surface area contributed by atoms with Crippen LogP contribution in [0.1, 0.15) is 110 Å². The van der Waals surface area contributed by atoms with Crippen molar-refractivity contribution in [2.24, 2.45) is 16.6 Å². The standard InChI is InChI=1S/C20H24FN3O3.C10H14.C3H8.C2H6/c21-16-8-5-14(6-9-16)13-24-17-10-7-15(20(22)27)12-18(17)23-11-3-1-2-4-19(25)26;1-2-5-9-7-4-8-10(9)6-3-1;1-3-2;1-2/h5-6,8-12,15,24H,1-4,7,13H2,(H2,22,27)(H,25,26);1-2H,3-8H2;3H2,1-2H3;1-2H3. The smallest absolute Gasteiger partial charge is 0.303 e. The average Bonchev–Trinajstić information content (AvgIpc) is 3.31. The number of carbonyl (C=O) groups excluding carboxylic acids is 1. The van der Waals surface area contributed by atoms with E-state index in [-0.39, 0.29) is 12.2 Å². The molecule has 0 aliphatic heterocycles. The SMILES string of the molecule is C1=CCC2=C(CC1)CCC2.CC.CCC.NC(=O)C1C=C(N=CCCCCC(=O)O)C(NCc2ccc(F)cc2)=CC1. The van der Waals surface area contributed by atoms with E-state index >= 15 is 0 Å². The summed E-state index contributed by atoms with van der Waals surface area (Å²) in [5, 5.41) is 11.9. The largest absolute Gasteiger partial charge is 0.481 e. The van der Waals surface area contributed by atoms with E-state index in [1.807, 2.05) is 19.9 Å². The van der Waals surface area contributed by atoms with Crippen molar-refractivity contribution < 1.29 is 19.1 Å². The second-order valence-electron chi connectivity index (χ2n) is 10.3. The van der Waals surface area contributed by atoms with Crippen LogP contribution in [0.4, 0.5) is 4.39 Å². The summed E-state index contributed by atoms with van der Waals surface area (Å²) in [5.41, 5.74) is 11.3. The summed E-state index contributed by atoms with van der Waals surface area (Å²) in [5.74, 6) is -1.90. The molecule has 0 fully saturated rings. The van der Waals surface area contributed by atoms with Crippen LogP contribution < -0.4 is 11.1 Å². The van der Waals surface area contributed by atoms with Crippen molar-refractivity contribution in [3.05, 3.63) is 82.5 Å². The Bertz CT molecular complexity index is 1100. The van der Waals surface area contributed by atoms with Crippen LogP contribution in [0.2, 0.25) is 0 Å². The van der Waals surface area contributed by atoms with E-state index < -0.39 is 17.8 Å². The van der Waals surface area contributed by atoms with Crippen LogP contribution in [0.3, 0.4) is 0 Å². The molecule has 3 aliphatic carbocycles. The van der Waals surface area contributed by atoms with E-state index in [1.165, 1.54) is 57.1 Å². The zero-order valence-electron chi connectivity index (χ0n) is 26.1. The molecule has 6 nitrogen and oxygen atoms in total. The molecular weight excluding hydrogens is 529 g/mol. The number of primary amides is 1. The molecule has 42 heavy (non-hydrogen) atoms. The highest BCUT2D eigenvalue weighted by molar-refractivity contribution is 5.79. The van der Waals surface area contributed by atoms with E-state index in [2.05, 4.69) is 36.3 Å². The number of amides is 1. The number of halogens is 1. The first-order valence-corrected chi connectivity index (χ1v) is 15.6. The molecule has 1 amide bonds. The molecule has 0 heterocycles. The normalized spacial score (nSPS) is 17.2. The monoisotopic (exact) mass is 581 g/mol. The summed E-state index contributed by atoms with van der Waals surface area (Å²) in [6.45, 7) is 8.75. The van der Waals surface area contributed by atoms with Gasteiger partial charge < -0.3 is 16.2 Å². The van der Waals surface area contributed by atoms with E-state index in [9.17, 15) is 14.0 Å². The third-order valence-electron chi connectivity index (χ3n) is 6.78. The molecule has 1 aromatic rings. The van der Waals surface area contributed by atoms with Gasteiger partial charge in [0.1, 0.15) is 5.82 Å². The number of carboxylic acid groups (broad SMARTS) is 1. The lowest BCUT2D eigenvalue weighted by Gasteiger charge is -2.19. The molecule has 0 saturated heterocycles. The predicted molar refractivity (Wildman–Crippen MR) is 172 cm³/mol. The number of benzene rings is 1. The fourth-order valence-electron chi connectivity index (χ4n) is 4.66. The van der Waals surface area contributed by atoms with Crippen molar-refractivity contribution in [2.45, 2.75) is 111 Å². The fourth-order valence-corrected chi connectivity index (χ4v) is 4.66. The van der Waals surface area contributed by atoms with Crippen LogP contribution in [0.25, 0.3) is 0 Å². The van der Waals surface area contributed by atoms with Crippen molar-refractivity contribution in [3.8, 4) is 0 Å². The van der Waals surface area contributed by atoms with E-state index in [0.29, 0.717) is 31.5 Å². The van der Waals surface area contributed by atoms with Gasteiger partial charge in [-0.05, 0) is 88.0 Å². The molecule has 1 unspecified atom stereocenters. The van der Waals surface area contributed by atoms with Gasteiger partial charge in [0.05, 0.1) is 17.3 Å². The first kappa shape index (κ1) is 36.5. The molecule has 0 spiro atoms. The summed E-state index contributed by atoms with van der Waals surface area (Å²) in [6.07, 6.45) is 22.0. The number of aliphatic carboxylic acids is 1. The minimum Gasteiger partial charge on any atom is -0.481 e. The van der Waals surface area contributed by atoms with Gasteiger partial charge in [-0.2, -0.15) is 0 Å². The average molecular weight is 582 g/mol. The lowest BCUT2D eigenvalue weighted by molar-refractivity contribution is -0.137. The van der Waals surface area contributed by atoms with Crippen LogP contribution in [-0.2, 0) is 16.1 Å². The fraction of sp³-hybridized carbons (Fsp3) is 0.514. The van der Waals surface area contributed by atoms with E-state index in [4.69, 9.17) is 10.8 Å². The van der Waals surface area contributed by atoms with Crippen LogP contribution >= 0.6 is 0 Å². The minimum absolute atomic E-state index is 0.144. The van der Waals surface area contributed by atoms with Gasteiger partial charge in [-0.15, -0.1) is 0 Å². The van der Waals surface area contributed by atoms with Gasteiger partial charge in [-0.1, -0.05) is 75.6 Å². The first-order valence-electron chi connectivity index (χ1n) is 15.6. The number of aliphatic imine (C=N–C) groups is 1. The molecule has 1 atom stereocenters. The van der Waals surface area contributed by atoms with Gasteiger partial charge >= 0.3 is 5.97 Å². The molecule has 232 valence electrons. The summed E-state index contributed by atoms with van der Waals surface area (Å²) in [6, 6.07) is 6.21. The highest BCUT2D eigenvalue weighted by Crippen LogP contribution is 2.33. The zero-order chi connectivity index (χ0) is 31.2. The van der Waals surface area contributed by atoms with Gasteiger partial charge in [0.25, 0.3) is 0 Å². The number of nitrogens with one attached hydrogen (secondary N) is 1. The van der Waals surface area contributed by atoms with Crippen LogP contribution in [0.15, 0.2) is 76.1 Å². The Morgan fingerprint density at radius 2 is 1.76 bits per heavy atom. The topological polar surface area (TPSA) is 105 Å². The maximum atomic E-state index is 13.0. The van der Waals surface area contributed by atoms with Crippen LogP contribution in [0, 0.1) is 11.7 Å². The number of carboxylic acids is 1. The number of unbranched alkanes of at least 4 members (excludes halogenated alkanes) is 2. The molecule has 3 aliphatic rings. The molecule has 0 saturated carbocycles. The Morgan fingerprint density at radius 3 is 2.43 bits per heavy atom. The number of allylic oxidation sites excluding steroid dienone is 5. The second-order valence-corrected chi connectivity index (χ2v) is 10.3. The second kappa shape index (κ2) is 22.2. The van der Waals surface area contributed by atoms with Gasteiger partial charge in [0.15, 0.2) is 0 Å². The molecule has 1 aromatic carbocycles. The molecule has 0 radical (unpaired) electrons. The minimum atomic E-state index is -0.804. The maximum absolute atomic E-state index is 13.0. The quantitative estimate of drug-likeness (QED) is 0.146. The number of rotatable bonds is 10. The van der Waals surface area contributed by atoms with Crippen LogP contribution in [-0.4, -0.2) is 23.2 Å². The van der Waals surface area contributed by atoms with E-state index in [1.54, 1.807) is 35.6 Å². The van der Waals surface area contributed by atoms with Gasteiger partial charge in [-0.3, -0.25) is 14.6 Å². The summed E-state index contributed by atoms with van der Waals surface area (Å²) in [4.78, 5) is 26.4. The highest BCUT2D eigenvalue weighted by atomic mass is 19.1. The van der Waals surface area contributed by atoms with E-state index in [0.717, 1.165) is 17.7 Å². The van der Waals surface area contributed by atoms with Gasteiger partial charge in [-0.25, -0.2) is 4.39 Å². The lowest BCUT2D eigenvalue weighted by atomic mass is 9.96. The summed E-state index contributed by atoms with van der Waals surface area (Å²) < 4.78 is 13.0. The Balaban J connectivity index is 0.000000480. The Hall–Kier alpha value is -3.48. The third kappa shape index (κ3) is 14.9. The maximum Gasteiger partial charge on any atom is 0.303 e. The molecule has 4 N–H and O–H groups in total. The molecule has 0 bridgehead atoms. The van der Waals surface area contributed by atoms with Crippen molar-refractivity contribution >= 4 is 18.1 Å². The molecule has 7 heteroatoms. The van der Waals surface area contributed by atoms with Crippen molar-refractivity contribution in [1.82, 2.24) is 5.32 Å². The van der Waals surface area contributed by atoms with Gasteiger partial charge in [0.2, 0.25) is 5.91 Å². The Labute approximate surface area is 252 Å². The Morgan fingerprint density at radius 1 is 1.07 bits per heavy atom. The van der Waals surface area contributed by atoms with Crippen molar-refractivity contribution in [1.29, 1.82) is 0 Å². The molecular formula is C35H52FN3O3. The van der Waals surface area contributed by atoms with Crippen molar-refractivity contribution in [3.63, 3.8) is 0 Å².